The van der Waals surface area contributed by atoms with Crippen LogP contribution in [0.4, 0.5) is 17.1 Å². The molecule has 0 saturated carbocycles. The number of para-hydroxylation sites is 5. The normalized spacial score (nSPS) is 11.9. The summed E-state index contributed by atoms with van der Waals surface area (Å²) in [5.41, 5.74) is 12.3. The Morgan fingerprint density at radius 3 is 1.79 bits per heavy atom. The maximum absolute atomic E-state index is 6.75. The first kappa shape index (κ1) is 30.9. The topological polar surface area (TPSA) is 34.5 Å². The van der Waals surface area contributed by atoms with Gasteiger partial charge in [0.1, 0.15) is 22.3 Å². The third kappa shape index (κ3) is 4.47. The molecule has 4 heteroatoms. The fourth-order valence-electron chi connectivity index (χ4n) is 8.96. The van der Waals surface area contributed by atoms with Crippen molar-refractivity contribution < 1.29 is 8.83 Å². The molecule has 0 fully saturated rings. The predicted octanol–water partition coefficient (Wildman–Crippen LogP) is 14.9. The standard InChI is InChI=1S/C52H32N2O2/c1-2-14-37-33(13-1)29-32-41-51-46(23-12-26-49(51)56-52(37)41)53(35-30-27-34(28-31-35)36-18-11-25-48-50(36)40-17-5-10-24-47(40)55-48)44-21-8-9-22-45(44)54-42-19-6-3-15-38(42)39-16-4-7-20-43(39)54/h1-32H. The zero-order chi connectivity index (χ0) is 36.7. The van der Waals surface area contributed by atoms with Crippen molar-refractivity contribution in [3.8, 4) is 16.8 Å². The molecule has 12 aromatic rings. The van der Waals surface area contributed by atoms with Crippen LogP contribution in [0.25, 0.3) is 93.3 Å². The molecule has 0 spiro atoms. The molecule has 56 heavy (non-hydrogen) atoms. The van der Waals surface area contributed by atoms with Gasteiger partial charge in [-0.05, 0) is 83.2 Å². The summed E-state index contributed by atoms with van der Waals surface area (Å²) in [6, 6.07) is 69.0. The second-order valence-electron chi connectivity index (χ2n) is 14.4. The van der Waals surface area contributed by atoms with Gasteiger partial charge >= 0.3 is 0 Å². The van der Waals surface area contributed by atoms with E-state index in [-0.39, 0.29) is 0 Å². The van der Waals surface area contributed by atoms with Gasteiger partial charge in [0, 0.05) is 38.0 Å². The smallest absolute Gasteiger partial charge is 0.143 e. The zero-order valence-electron chi connectivity index (χ0n) is 30.2. The minimum atomic E-state index is 0.850. The average molecular weight is 717 g/mol. The van der Waals surface area contributed by atoms with Crippen LogP contribution in [0.15, 0.2) is 203 Å². The number of nitrogens with zero attached hydrogens (tertiary/aromatic N) is 2. The lowest BCUT2D eigenvalue weighted by molar-refractivity contribution is 0.669. The summed E-state index contributed by atoms with van der Waals surface area (Å²) in [5, 5.41) is 9.13. The van der Waals surface area contributed by atoms with Crippen LogP contribution < -0.4 is 4.90 Å². The van der Waals surface area contributed by atoms with Gasteiger partial charge < -0.3 is 18.3 Å². The molecule has 9 aromatic carbocycles. The van der Waals surface area contributed by atoms with E-state index in [2.05, 4.69) is 191 Å². The van der Waals surface area contributed by atoms with Gasteiger partial charge in [-0.1, -0.05) is 127 Å². The maximum atomic E-state index is 6.75. The highest BCUT2D eigenvalue weighted by Crippen LogP contribution is 2.47. The molecule has 0 aliphatic carbocycles. The molecular weight excluding hydrogens is 685 g/mol. The van der Waals surface area contributed by atoms with Gasteiger partial charge in [-0.15, -0.1) is 0 Å². The third-order valence-corrected chi connectivity index (χ3v) is 11.4. The first-order valence-electron chi connectivity index (χ1n) is 19.0. The van der Waals surface area contributed by atoms with Crippen molar-refractivity contribution in [2.75, 3.05) is 4.90 Å². The quantitative estimate of drug-likeness (QED) is 0.178. The number of hydrogen-bond acceptors (Lipinski definition) is 3. The number of fused-ring (bicyclic) bond motifs is 11. The molecule has 0 radical (unpaired) electrons. The van der Waals surface area contributed by atoms with E-state index in [9.17, 15) is 0 Å². The second-order valence-corrected chi connectivity index (χ2v) is 14.4. The van der Waals surface area contributed by atoms with Gasteiger partial charge in [0.05, 0.1) is 33.5 Å². The Morgan fingerprint density at radius 1 is 0.375 bits per heavy atom. The van der Waals surface area contributed by atoms with Crippen LogP contribution in [0, 0.1) is 0 Å². The van der Waals surface area contributed by atoms with Crippen molar-refractivity contribution >= 4 is 93.5 Å². The molecule has 0 saturated heterocycles. The minimum absolute atomic E-state index is 0.850. The lowest BCUT2D eigenvalue weighted by Gasteiger charge is -2.29. The maximum Gasteiger partial charge on any atom is 0.143 e. The number of aromatic nitrogens is 1. The Morgan fingerprint density at radius 2 is 0.982 bits per heavy atom. The molecular formula is C52H32N2O2. The van der Waals surface area contributed by atoms with E-state index in [0.717, 1.165) is 99.6 Å². The van der Waals surface area contributed by atoms with E-state index >= 15 is 0 Å². The van der Waals surface area contributed by atoms with Crippen LogP contribution in [0.5, 0.6) is 0 Å². The minimum Gasteiger partial charge on any atom is -0.456 e. The van der Waals surface area contributed by atoms with Crippen LogP contribution >= 0.6 is 0 Å². The van der Waals surface area contributed by atoms with Crippen LogP contribution in [0.3, 0.4) is 0 Å². The SMILES string of the molecule is c1ccc(-n2c3ccccc3c3ccccc32)c(N(c2ccc(-c3cccc4oc5ccccc5c34)cc2)c2cccc3oc4c5ccccc5ccc4c23)c1. The molecule has 0 aliphatic rings. The summed E-state index contributed by atoms with van der Waals surface area (Å²) >= 11 is 0. The predicted molar refractivity (Wildman–Crippen MR) is 233 cm³/mol. The van der Waals surface area contributed by atoms with Crippen molar-refractivity contribution in [3.05, 3.63) is 194 Å². The Labute approximate surface area is 321 Å². The summed E-state index contributed by atoms with van der Waals surface area (Å²) in [7, 11) is 0. The number of hydrogen-bond donors (Lipinski definition) is 0. The zero-order valence-corrected chi connectivity index (χ0v) is 30.2. The number of rotatable bonds is 5. The lowest BCUT2D eigenvalue weighted by Crippen LogP contribution is -2.13. The van der Waals surface area contributed by atoms with E-state index in [1.807, 2.05) is 12.1 Å². The van der Waals surface area contributed by atoms with Crippen LogP contribution in [0.1, 0.15) is 0 Å². The summed E-state index contributed by atoms with van der Waals surface area (Å²) in [6.45, 7) is 0. The van der Waals surface area contributed by atoms with Crippen molar-refractivity contribution in [2.24, 2.45) is 0 Å². The third-order valence-electron chi connectivity index (χ3n) is 11.4. The molecule has 4 nitrogen and oxygen atoms in total. The van der Waals surface area contributed by atoms with Crippen molar-refractivity contribution in [3.63, 3.8) is 0 Å². The van der Waals surface area contributed by atoms with Gasteiger partial charge in [0.25, 0.3) is 0 Å². The molecule has 3 aromatic heterocycles. The van der Waals surface area contributed by atoms with Crippen LogP contribution in [-0.4, -0.2) is 4.57 Å². The highest BCUT2D eigenvalue weighted by molar-refractivity contribution is 6.20. The Kier molecular flexibility index (Phi) is 6.60. The molecule has 12 rings (SSSR count). The lowest BCUT2D eigenvalue weighted by atomic mass is 9.99. The number of furan rings is 2. The second kappa shape index (κ2) is 12.0. The van der Waals surface area contributed by atoms with Gasteiger partial charge in [0.15, 0.2) is 0 Å². The molecule has 3 heterocycles. The van der Waals surface area contributed by atoms with Gasteiger partial charge in [-0.3, -0.25) is 0 Å². The fraction of sp³-hybridized carbons (Fsp3) is 0. The molecule has 0 bridgehead atoms. The Balaban J connectivity index is 1.13. The molecule has 0 atom stereocenters. The summed E-state index contributed by atoms with van der Waals surface area (Å²) in [6.07, 6.45) is 0. The van der Waals surface area contributed by atoms with E-state index in [0.29, 0.717) is 0 Å². The molecule has 0 unspecified atom stereocenters. The fourth-order valence-corrected chi connectivity index (χ4v) is 8.96. The largest absolute Gasteiger partial charge is 0.456 e. The van der Waals surface area contributed by atoms with E-state index < -0.39 is 0 Å². The Hall–Kier alpha value is -7.56. The molecule has 0 N–H and O–H groups in total. The average Bonchev–Trinajstić information content (AvgIpc) is 3.95. The summed E-state index contributed by atoms with van der Waals surface area (Å²) < 4.78 is 15.4. The first-order chi connectivity index (χ1) is 27.8. The summed E-state index contributed by atoms with van der Waals surface area (Å²) in [4.78, 5) is 2.41. The van der Waals surface area contributed by atoms with Crippen LogP contribution in [0.2, 0.25) is 0 Å². The van der Waals surface area contributed by atoms with Gasteiger partial charge in [-0.2, -0.15) is 0 Å². The van der Waals surface area contributed by atoms with Crippen molar-refractivity contribution in [1.29, 1.82) is 0 Å². The Bertz CT molecular complexity index is 3440. The van der Waals surface area contributed by atoms with E-state index in [1.165, 1.54) is 10.8 Å². The number of benzene rings is 9. The van der Waals surface area contributed by atoms with Gasteiger partial charge in [0.2, 0.25) is 0 Å². The van der Waals surface area contributed by atoms with Crippen LogP contribution in [-0.2, 0) is 0 Å². The molecule has 0 aliphatic heterocycles. The summed E-state index contributed by atoms with van der Waals surface area (Å²) in [5.74, 6) is 0. The highest BCUT2D eigenvalue weighted by Gasteiger charge is 2.24. The van der Waals surface area contributed by atoms with Crippen molar-refractivity contribution in [2.45, 2.75) is 0 Å². The molecule has 0 amide bonds. The number of anilines is 3. The van der Waals surface area contributed by atoms with E-state index in [1.54, 1.807) is 0 Å². The first-order valence-corrected chi connectivity index (χ1v) is 19.0. The van der Waals surface area contributed by atoms with Crippen molar-refractivity contribution in [1.82, 2.24) is 4.57 Å². The van der Waals surface area contributed by atoms with E-state index in [4.69, 9.17) is 8.83 Å². The highest BCUT2D eigenvalue weighted by atomic mass is 16.3. The molecule has 262 valence electrons. The van der Waals surface area contributed by atoms with Gasteiger partial charge in [-0.25, -0.2) is 0 Å². The monoisotopic (exact) mass is 716 g/mol.